The van der Waals surface area contributed by atoms with E-state index in [1.807, 2.05) is 110 Å². The number of para-hydroxylation sites is 2. The van der Waals surface area contributed by atoms with Crippen LogP contribution in [0.15, 0.2) is 134 Å². The predicted molar refractivity (Wildman–Crippen MR) is 244 cm³/mol. The Labute approximate surface area is 356 Å². The highest BCUT2D eigenvalue weighted by Crippen LogP contribution is 2.45. The molecule has 8 rings (SSSR count). The Kier molecular flexibility index (Phi) is 10.3. The smallest absolute Gasteiger partial charge is 0.194 e. The van der Waals surface area contributed by atoms with Crippen LogP contribution < -0.4 is 0 Å². The summed E-state index contributed by atoms with van der Waals surface area (Å²) in [5, 5.41) is 12.1. The van der Waals surface area contributed by atoms with E-state index in [0.29, 0.717) is 33.7 Å². The molecular weight excluding hydrogens is 764 g/mol. The number of nitrogens with zero attached hydrogens (tertiary/aromatic N) is 3. The van der Waals surface area contributed by atoms with Crippen molar-refractivity contribution in [3.05, 3.63) is 168 Å². The van der Waals surface area contributed by atoms with Crippen LogP contribution in [0.25, 0.3) is 72.7 Å². The van der Waals surface area contributed by atoms with Crippen LogP contribution in [-0.4, -0.2) is 19.6 Å². The van der Waals surface area contributed by atoms with Crippen molar-refractivity contribution in [2.75, 3.05) is 0 Å². The first-order valence-corrected chi connectivity index (χ1v) is 20.6. The number of aromatic hydroxyl groups is 1. The van der Waals surface area contributed by atoms with Gasteiger partial charge in [0, 0.05) is 22.9 Å². The van der Waals surface area contributed by atoms with E-state index in [-0.39, 0.29) is 22.1 Å². The Morgan fingerprint density at radius 2 is 1.15 bits per heavy atom. The molecule has 0 aliphatic heterocycles. The number of fused-ring (bicyclic) bond motifs is 1. The van der Waals surface area contributed by atoms with Crippen LogP contribution in [0.1, 0.15) is 79.0 Å². The first kappa shape index (κ1) is 41.3. The van der Waals surface area contributed by atoms with E-state index >= 15 is 8.78 Å². The summed E-state index contributed by atoms with van der Waals surface area (Å²) < 4.78 is 46.6. The molecule has 0 amide bonds. The number of benzene rings is 6. The molecule has 2 heterocycles. The molecule has 0 saturated carbocycles. The van der Waals surface area contributed by atoms with E-state index in [9.17, 15) is 9.50 Å². The lowest BCUT2D eigenvalue weighted by Crippen LogP contribution is -2.13. The lowest BCUT2D eigenvalue weighted by Gasteiger charge is -2.24. The number of phenolic OH excluding ortho intramolecular Hbond substituents is 1. The van der Waals surface area contributed by atoms with E-state index < -0.39 is 22.9 Å². The maximum atomic E-state index is 15.1. The SMILES string of the molecule is CC(C)(C)c1cc(-c2cc(-c3ccccc3)ccn2)cc(-c2cccc3c2nc(-c2cccc(C(C)(C)C)c2O)n3-c2ccc(C(C)(C)C)cc2-c2cc(F)c(F)c(F)c2)c1. The van der Waals surface area contributed by atoms with Crippen LogP contribution in [0.2, 0.25) is 0 Å². The number of hydrogen-bond donors (Lipinski definition) is 1. The van der Waals surface area contributed by atoms with E-state index in [4.69, 9.17) is 9.97 Å². The van der Waals surface area contributed by atoms with Gasteiger partial charge >= 0.3 is 0 Å². The molecule has 0 saturated heterocycles. The molecule has 4 nitrogen and oxygen atoms in total. The van der Waals surface area contributed by atoms with Gasteiger partial charge in [-0.05, 0) is 116 Å². The number of hydrogen-bond acceptors (Lipinski definition) is 3. The zero-order chi connectivity index (χ0) is 43.6. The molecule has 0 radical (unpaired) electrons. The third kappa shape index (κ3) is 7.85. The van der Waals surface area contributed by atoms with Crippen molar-refractivity contribution in [1.29, 1.82) is 0 Å². The summed E-state index contributed by atoms with van der Waals surface area (Å²) in [6.45, 7) is 18.9. The molecule has 0 bridgehead atoms. The molecule has 0 atom stereocenters. The second kappa shape index (κ2) is 15.2. The molecule has 6 aromatic carbocycles. The Morgan fingerprint density at radius 3 is 1.82 bits per heavy atom. The van der Waals surface area contributed by atoms with Crippen LogP contribution in [0.4, 0.5) is 13.2 Å². The summed E-state index contributed by atoms with van der Waals surface area (Å²) in [4.78, 5) is 10.2. The van der Waals surface area contributed by atoms with Crippen LogP contribution in [0, 0.1) is 17.5 Å². The van der Waals surface area contributed by atoms with Crippen molar-refractivity contribution in [2.45, 2.75) is 78.6 Å². The molecule has 61 heavy (non-hydrogen) atoms. The van der Waals surface area contributed by atoms with Crippen molar-refractivity contribution in [1.82, 2.24) is 14.5 Å². The number of halogens is 3. The highest BCUT2D eigenvalue weighted by Gasteiger charge is 2.28. The second-order valence-electron chi connectivity index (χ2n) is 19.0. The quantitative estimate of drug-likeness (QED) is 0.170. The van der Waals surface area contributed by atoms with Gasteiger partial charge in [0.15, 0.2) is 17.5 Å². The van der Waals surface area contributed by atoms with Crippen molar-refractivity contribution >= 4 is 11.0 Å². The number of phenols is 1. The number of imidazole rings is 1. The van der Waals surface area contributed by atoms with E-state index in [0.717, 1.165) is 62.3 Å². The number of aromatic nitrogens is 3. The maximum absolute atomic E-state index is 15.1. The van der Waals surface area contributed by atoms with Gasteiger partial charge in [-0.15, -0.1) is 0 Å². The summed E-state index contributed by atoms with van der Waals surface area (Å²) in [7, 11) is 0. The molecule has 2 aromatic heterocycles. The predicted octanol–water partition coefficient (Wildman–Crippen LogP) is 14.8. The van der Waals surface area contributed by atoms with Gasteiger partial charge in [0.25, 0.3) is 0 Å². The van der Waals surface area contributed by atoms with Crippen molar-refractivity contribution in [2.24, 2.45) is 0 Å². The van der Waals surface area contributed by atoms with Crippen molar-refractivity contribution < 1.29 is 18.3 Å². The maximum Gasteiger partial charge on any atom is 0.194 e. The normalized spacial score (nSPS) is 12.3. The Hall–Kier alpha value is -6.47. The van der Waals surface area contributed by atoms with Gasteiger partial charge in [-0.3, -0.25) is 9.55 Å². The van der Waals surface area contributed by atoms with Gasteiger partial charge in [0.1, 0.15) is 11.6 Å². The topological polar surface area (TPSA) is 50.9 Å². The van der Waals surface area contributed by atoms with Gasteiger partial charge in [0.05, 0.1) is 28.0 Å². The zero-order valence-electron chi connectivity index (χ0n) is 36.1. The third-order valence-corrected chi connectivity index (χ3v) is 11.4. The second-order valence-corrected chi connectivity index (χ2v) is 19.0. The van der Waals surface area contributed by atoms with Gasteiger partial charge in [-0.2, -0.15) is 0 Å². The molecule has 0 fully saturated rings. The van der Waals surface area contributed by atoms with Crippen molar-refractivity contribution in [3.63, 3.8) is 0 Å². The van der Waals surface area contributed by atoms with Gasteiger partial charge in [-0.25, -0.2) is 18.2 Å². The first-order chi connectivity index (χ1) is 28.8. The van der Waals surface area contributed by atoms with Crippen LogP contribution in [0.5, 0.6) is 5.75 Å². The molecule has 308 valence electrons. The standard InChI is InChI=1S/C54H50F3N3O/c1-52(2,3)37-21-22-46(41(31-37)35-28-43(55)48(57)44(56)29-35)60-47-20-14-17-39(49(47)59-51(60)40-18-13-19-42(50(40)61)54(7,8)9)34-25-36(27-38(26-34)53(4,5)6)45-30-33(23-24-58-45)32-15-11-10-12-16-32/h10-31,61H,1-9H3. The summed E-state index contributed by atoms with van der Waals surface area (Å²) in [6.07, 6.45) is 1.84. The average molecular weight is 814 g/mol. The summed E-state index contributed by atoms with van der Waals surface area (Å²) in [5.41, 5.74) is 10.6. The minimum atomic E-state index is -1.53. The van der Waals surface area contributed by atoms with E-state index in [2.05, 4.69) is 77.9 Å². The number of pyridine rings is 1. The van der Waals surface area contributed by atoms with Gasteiger partial charge in [0.2, 0.25) is 0 Å². The van der Waals surface area contributed by atoms with Crippen molar-refractivity contribution in [3.8, 4) is 67.5 Å². The van der Waals surface area contributed by atoms with E-state index in [1.54, 1.807) is 0 Å². The molecule has 7 heteroatoms. The highest BCUT2D eigenvalue weighted by atomic mass is 19.2. The summed E-state index contributed by atoms with van der Waals surface area (Å²) in [6, 6.07) is 40.4. The lowest BCUT2D eigenvalue weighted by molar-refractivity contribution is 0.447. The third-order valence-electron chi connectivity index (χ3n) is 11.4. The van der Waals surface area contributed by atoms with E-state index in [1.165, 1.54) is 0 Å². The molecule has 1 N–H and O–H groups in total. The number of rotatable bonds is 6. The molecule has 8 aromatic rings. The van der Waals surface area contributed by atoms with Crippen LogP contribution >= 0.6 is 0 Å². The molecule has 0 aliphatic carbocycles. The Balaban J connectivity index is 1.44. The largest absolute Gasteiger partial charge is 0.507 e. The van der Waals surface area contributed by atoms with Crippen LogP contribution in [-0.2, 0) is 16.2 Å². The fourth-order valence-electron chi connectivity index (χ4n) is 7.99. The lowest BCUT2D eigenvalue weighted by atomic mass is 9.83. The first-order valence-electron chi connectivity index (χ1n) is 20.6. The molecule has 0 unspecified atom stereocenters. The summed E-state index contributed by atoms with van der Waals surface area (Å²) in [5.74, 6) is -3.58. The minimum absolute atomic E-state index is 0.0845. The van der Waals surface area contributed by atoms with Gasteiger partial charge < -0.3 is 5.11 Å². The molecular formula is C54H50F3N3O. The Morgan fingerprint density at radius 1 is 0.508 bits per heavy atom. The highest BCUT2D eigenvalue weighted by molar-refractivity contribution is 5.98. The fourth-order valence-corrected chi connectivity index (χ4v) is 7.99. The minimum Gasteiger partial charge on any atom is -0.507 e. The van der Waals surface area contributed by atoms with Crippen LogP contribution in [0.3, 0.4) is 0 Å². The van der Waals surface area contributed by atoms with Gasteiger partial charge in [-0.1, -0.05) is 129 Å². The molecule has 0 spiro atoms. The average Bonchev–Trinajstić information content (AvgIpc) is 3.61. The molecule has 0 aliphatic rings. The summed E-state index contributed by atoms with van der Waals surface area (Å²) >= 11 is 0. The Bertz CT molecular complexity index is 2940. The zero-order valence-corrected chi connectivity index (χ0v) is 36.1. The monoisotopic (exact) mass is 813 g/mol. The fraction of sp³-hybridized carbons (Fsp3) is 0.222.